The fourth-order valence-electron chi connectivity index (χ4n) is 2.17. The van der Waals surface area contributed by atoms with Crippen LogP contribution in [-0.2, 0) is 17.8 Å². The zero-order valence-corrected chi connectivity index (χ0v) is 9.86. The van der Waals surface area contributed by atoms with Crippen molar-refractivity contribution in [3.05, 3.63) is 29.3 Å². The van der Waals surface area contributed by atoms with Gasteiger partial charge in [-0.05, 0) is 30.7 Å². The maximum absolute atomic E-state index is 11.7. The van der Waals surface area contributed by atoms with Gasteiger partial charge in [-0.3, -0.25) is 9.69 Å². The van der Waals surface area contributed by atoms with Crippen LogP contribution in [-0.4, -0.2) is 19.5 Å². The lowest BCUT2D eigenvalue weighted by Crippen LogP contribution is -2.35. The van der Waals surface area contributed by atoms with E-state index in [-0.39, 0.29) is 12.5 Å². The van der Waals surface area contributed by atoms with E-state index in [4.69, 9.17) is 5.26 Å². The van der Waals surface area contributed by atoms with Crippen LogP contribution >= 0.6 is 0 Å². The molecule has 0 spiro atoms. The van der Waals surface area contributed by atoms with Crippen molar-refractivity contribution in [3.63, 3.8) is 0 Å². The van der Waals surface area contributed by atoms with Crippen molar-refractivity contribution in [1.82, 2.24) is 5.32 Å². The van der Waals surface area contributed by atoms with Crippen LogP contribution < -0.4 is 10.2 Å². The zero-order valence-electron chi connectivity index (χ0n) is 9.86. The Kier molecular flexibility index (Phi) is 3.40. The number of amides is 1. The molecule has 88 valence electrons. The number of nitrogens with one attached hydrogen (secondary N) is 1. The predicted octanol–water partition coefficient (Wildman–Crippen LogP) is 1.21. The first kappa shape index (κ1) is 11.6. The van der Waals surface area contributed by atoms with Gasteiger partial charge in [-0.2, -0.15) is 5.26 Å². The molecule has 0 atom stereocenters. The molecule has 1 aromatic carbocycles. The Morgan fingerprint density at radius 3 is 3.00 bits per heavy atom. The van der Waals surface area contributed by atoms with Gasteiger partial charge in [0.05, 0.1) is 6.07 Å². The monoisotopic (exact) mass is 229 g/mol. The highest BCUT2D eigenvalue weighted by Crippen LogP contribution is 2.28. The molecule has 0 fully saturated rings. The molecular weight excluding hydrogens is 214 g/mol. The van der Waals surface area contributed by atoms with Crippen LogP contribution in [0.15, 0.2) is 18.2 Å². The molecule has 0 unspecified atom stereocenters. The highest BCUT2D eigenvalue weighted by atomic mass is 16.2. The normalized spacial score (nSPS) is 14.4. The summed E-state index contributed by atoms with van der Waals surface area (Å²) in [4.78, 5) is 13.3. The second-order valence-corrected chi connectivity index (χ2v) is 4.13. The molecule has 17 heavy (non-hydrogen) atoms. The van der Waals surface area contributed by atoms with E-state index in [1.807, 2.05) is 25.2 Å². The minimum absolute atomic E-state index is 0.0421. The zero-order chi connectivity index (χ0) is 12.3. The van der Waals surface area contributed by atoms with E-state index in [1.54, 1.807) is 4.90 Å². The van der Waals surface area contributed by atoms with Crippen molar-refractivity contribution in [3.8, 4) is 6.07 Å². The first-order valence-electron chi connectivity index (χ1n) is 5.70. The summed E-state index contributed by atoms with van der Waals surface area (Å²) in [6.07, 6.45) is 1.27. The number of hydrogen-bond donors (Lipinski definition) is 1. The molecule has 4 nitrogen and oxygen atoms in total. The maximum Gasteiger partial charge on any atom is 0.228 e. The lowest BCUT2D eigenvalue weighted by atomic mass is 9.98. The molecule has 0 saturated carbocycles. The van der Waals surface area contributed by atoms with Crippen molar-refractivity contribution >= 4 is 11.6 Å². The molecule has 0 aromatic heterocycles. The van der Waals surface area contributed by atoms with Crippen LogP contribution in [0, 0.1) is 11.3 Å². The van der Waals surface area contributed by atoms with Crippen molar-refractivity contribution in [2.75, 3.05) is 18.5 Å². The van der Waals surface area contributed by atoms with Gasteiger partial charge in [0.2, 0.25) is 5.91 Å². The summed E-state index contributed by atoms with van der Waals surface area (Å²) in [5, 5.41) is 11.8. The van der Waals surface area contributed by atoms with Crippen LogP contribution in [0.5, 0.6) is 0 Å². The smallest absolute Gasteiger partial charge is 0.228 e. The minimum atomic E-state index is 0.0421. The van der Waals surface area contributed by atoms with Crippen molar-refractivity contribution < 1.29 is 4.79 Å². The quantitative estimate of drug-likeness (QED) is 0.793. The summed E-state index contributed by atoms with van der Waals surface area (Å²) in [6, 6.07) is 8.09. The summed E-state index contributed by atoms with van der Waals surface area (Å²) in [5.74, 6) is 0.0421. The lowest BCUT2D eigenvalue weighted by Gasteiger charge is -2.27. The van der Waals surface area contributed by atoms with E-state index < -0.39 is 0 Å². The largest absolute Gasteiger partial charge is 0.316 e. The molecule has 1 N–H and O–H groups in total. The summed E-state index contributed by atoms with van der Waals surface area (Å²) < 4.78 is 0. The number of aryl methyl sites for hydroxylation is 1. The van der Waals surface area contributed by atoms with Crippen LogP contribution in [0.4, 0.5) is 5.69 Å². The third-order valence-electron chi connectivity index (χ3n) is 2.95. The summed E-state index contributed by atoms with van der Waals surface area (Å²) in [6.45, 7) is 0.955. The second-order valence-electron chi connectivity index (χ2n) is 4.13. The van der Waals surface area contributed by atoms with E-state index in [0.717, 1.165) is 24.2 Å². The van der Waals surface area contributed by atoms with Gasteiger partial charge in [-0.25, -0.2) is 0 Å². The number of benzene rings is 1. The average Bonchev–Trinajstić information content (AvgIpc) is 2.33. The number of carbonyl (C=O) groups excluding carboxylic acids is 1. The number of nitrogens with zero attached hydrogens (tertiary/aromatic N) is 2. The van der Waals surface area contributed by atoms with E-state index in [2.05, 4.69) is 11.4 Å². The van der Waals surface area contributed by atoms with Crippen molar-refractivity contribution in [1.29, 1.82) is 5.26 Å². The Morgan fingerprint density at radius 2 is 2.29 bits per heavy atom. The molecule has 0 aliphatic carbocycles. The fourth-order valence-corrected chi connectivity index (χ4v) is 2.17. The third kappa shape index (κ3) is 2.29. The molecule has 1 aromatic rings. The van der Waals surface area contributed by atoms with Gasteiger partial charge in [0.1, 0.15) is 6.54 Å². The molecule has 0 radical (unpaired) electrons. The number of rotatable bonds is 3. The first-order valence-corrected chi connectivity index (χ1v) is 5.70. The average molecular weight is 229 g/mol. The highest BCUT2D eigenvalue weighted by Gasteiger charge is 2.23. The summed E-state index contributed by atoms with van der Waals surface area (Å²) in [5.41, 5.74) is 3.26. The van der Waals surface area contributed by atoms with E-state index in [1.165, 1.54) is 5.56 Å². The molecule has 1 aliphatic rings. The Morgan fingerprint density at radius 1 is 1.47 bits per heavy atom. The van der Waals surface area contributed by atoms with Crippen LogP contribution in [0.3, 0.4) is 0 Å². The SMILES string of the molecule is CNCc1ccc2c(c1)CCC(=O)N2CC#N. The topological polar surface area (TPSA) is 56.1 Å². The van der Waals surface area contributed by atoms with Crippen molar-refractivity contribution in [2.24, 2.45) is 0 Å². The summed E-state index contributed by atoms with van der Waals surface area (Å²) >= 11 is 0. The minimum Gasteiger partial charge on any atom is -0.316 e. The molecule has 4 heteroatoms. The first-order chi connectivity index (χ1) is 8.26. The van der Waals surface area contributed by atoms with Crippen molar-refractivity contribution in [2.45, 2.75) is 19.4 Å². The molecular formula is C13H15N3O. The number of fused-ring (bicyclic) bond motifs is 1. The van der Waals surface area contributed by atoms with Crippen LogP contribution in [0.1, 0.15) is 17.5 Å². The van der Waals surface area contributed by atoms with Gasteiger partial charge in [0.25, 0.3) is 0 Å². The number of anilines is 1. The van der Waals surface area contributed by atoms with E-state index in [0.29, 0.717) is 6.42 Å². The lowest BCUT2D eigenvalue weighted by molar-refractivity contribution is -0.118. The van der Waals surface area contributed by atoms with Gasteiger partial charge >= 0.3 is 0 Å². The molecule has 1 heterocycles. The standard InChI is InChI=1S/C13H15N3O/c1-15-9-10-2-4-12-11(8-10)3-5-13(17)16(12)7-6-14/h2,4,8,15H,3,5,7,9H2,1H3. The number of carbonyl (C=O) groups is 1. The van der Waals surface area contributed by atoms with Gasteiger partial charge < -0.3 is 5.32 Å². The Bertz CT molecular complexity index is 476. The Hall–Kier alpha value is -1.86. The van der Waals surface area contributed by atoms with Crippen LogP contribution in [0.25, 0.3) is 0 Å². The second kappa shape index (κ2) is 4.98. The van der Waals surface area contributed by atoms with Crippen LogP contribution in [0.2, 0.25) is 0 Å². The molecule has 1 amide bonds. The molecule has 0 saturated heterocycles. The molecule has 0 bridgehead atoms. The summed E-state index contributed by atoms with van der Waals surface area (Å²) in [7, 11) is 1.91. The predicted molar refractivity (Wildman–Crippen MR) is 65.5 cm³/mol. The Labute approximate surface area is 101 Å². The number of nitriles is 1. The fraction of sp³-hybridized carbons (Fsp3) is 0.385. The number of hydrogen-bond acceptors (Lipinski definition) is 3. The molecule has 2 rings (SSSR count). The Balaban J connectivity index is 2.34. The maximum atomic E-state index is 11.7. The van der Waals surface area contributed by atoms with E-state index in [9.17, 15) is 4.79 Å². The van der Waals surface area contributed by atoms with Gasteiger partial charge in [0.15, 0.2) is 0 Å². The van der Waals surface area contributed by atoms with Gasteiger partial charge in [-0.1, -0.05) is 12.1 Å². The van der Waals surface area contributed by atoms with Gasteiger partial charge in [0, 0.05) is 18.7 Å². The highest BCUT2D eigenvalue weighted by molar-refractivity contribution is 5.96. The third-order valence-corrected chi connectivity index (χ3v) is 2.95. The van der Waals surface area contributed by atoms with E-state index >= 15 is 0 Å². The van der Waals surface area contributed by atoms with Gasteiger partial charge in [-0.15, -0.1) is 0 Å². The molecule has 1 aliphatic heterocycles.